The van der Waals surface area contributed by atoms with E-state index in [0.717, 1.165) is 12.1 Å². The van der Waals surface area contributed by atoms with E-state index in [9.17, 15) is 13.6 Å². The Morgan fingerprint density at radius 3 is 2.54 bits per heavy atom. The number of hydrogen-bond acceptors (Lipinski definition) is 1. The van der Waals surface area contributed by atoms with Crippen LogP contribution in [0.5, 0.6) is 0 Å². The van der Waals surface area contributed by atoms with Crippen molar-refractivity contribution in [1.82, 2.24) is 0 Å². The molecule has 0 fully saturated rings. The molecular weight excluding hydrogens is 202 g/mol. The van der Waals surface area contributed by atoms with Crippen LogP contribution < -0.4 is 0 Å². The third-order valence-corrected chi connectivity index (χ3v) is 1.75. The zero-order valence-electron chi connectivity index (χ0n) is 6.35. The molecule has 5 heteroatoms. The van der Waals surface area contributed by atoms with E-state index in [1.54, 1.807) is 0 Å². The first kappa shape index (κ1) is 9.92. The summed E-state index contributed by atoms with van der Waals surface area (Å²) in [4.78, 5) is 10.2. The Labute approximate surface area is 77.8 Å². The van der Waals surface area contributed by atoms with Crippen molar-refractivity contribution in [3.63, 3.8) is 0 Å². The largest absolute Gasteiger partial charge is 0.481 e. The van der Waals surface area contributed by atoms with E-state index in [-0.39, 0.29) is 10.6 Å². The highest BCUT2D eigenvalue weighted by Crippen LogP contribution is 2.20. The number of aliphatic carboxylic acids is 1. The quantitative estimate of drug-likeness (QED) is 0.754. The average molecular weight is 207 g/mol. The molecule has 1 aromatic rings. The van der Waals surface area contributed by atoms with Crippen molar-refractivity contribution in [2.45, 2.75) is 6.42 Å². The fourth-order valence-electron chi connectivity index (χ4n) is 0.865. The van der Waals surface area contributed by atoms with Crippen molar-refractivity contribution >= 4 is 17.6 Å². The van der Waals surface area contributed by atoms with Gasteiger partial charge in [-0.25, -0.2) is 8.78 Å². The van der Waals surface area contributed by atoms with Gasteiger partial charge in [0, 0.05) is 5.56 Å². The SMILES string of the molecule is O=C(O)Cc1ccc(Cl)c(F)c1F. The maximum absolute atomic E-state index is 12.9. The lowest BCUT2D eigenvalue weighted by Crippen LogP contribution is -2.04. The van der Waals surface area contributed by atoms with Crippen molar-refractivity contribution in [3.05, 3.63) is 34.4 Å². The Balaban J connectivity index is 3.10. The molecule has 0 unspecified atom stereocenters. The lowest BCUT2D eigenvalue weighted by Gasteiger charge is -2.01. The highest BCUT2D eigenvalue weighted by Gasteiger charge is 2.13. The molecule has 0 heterocycles. The molecule has 13 heavy (non-hydrogen) atoms. The van der Waals surface area contributed by atoms with Gasteiger partial charge in [-0.15, -0.1) is 0 Å². The molecule has 0 saturated heterocycles. The van der Waals surface area contributed by atoms with Gasteiger partial charge in [0.2, 0.25) is 0 Å². The van der Waals surface area contributed by atoms with Crippen LogP contribution in [0.2, 0.25) is 5.02 Å². The van der Waals surface area contributed by atoms with Crippen molar-refractivity contribution in [2.24, 2.45) is 0 Å². The number of halogens is 3. The van der Waals surface area contributed by atoms with Crippen LogP contribution in [0.4, 0.5) is 8.78 Å². The molecule has 0 saturated carbocycles. The fraction of sp³-hybridized carbons (Fsp3) is 0.125. The number of carboxylic acids is 1. The first-order chi connectivity index (χ1) is 6.02. The van der Waals surface area contributed by atoms with Crippen LogP contribution in [-0.4, -0.2) is 11.1 Å². The smallest absolute Gasteiger partial charge is 0.307 e. The van der Waals surface area contributed by atoms with Crippen LogP contribution in [0.25, 0.3) is 0 Å². The van der Waals surface area contributed by atoms with E-state index in [4.69, 9.17) is 16.7 Å². The van der Waals surface area contributed by atoms with Crippen molar-refractivity contribution in [2.75, 3.05) is 0 Å². The van der Waals surface area contributed by atoms with E-state index in [0.29, 0.717) is 0 Å². The van der Waals surface area contributed by atoms with Gasteiger partial charge >= 0.3 is 5.97 Å². The van der Waals surface area contributed by atoms with Crippen LogP contribution in [0.3, 0.4) is 0 Å². The average Bonchev–Trinajstić information content (AvgIpc) is 2.06. The predicted molar refractivity (Wildman–Crippen MR) is 42.7 cm³/mol. The molecular formula is C8H5ClF2O2. The van der Waals surface area contributed by atoms with E-state index in [1.807, 2.05) is 0 Å². The summed E-state index contributed by atoms with van der Waals surface area (Å²) in [5.74, 6) is -3.63. The maximum Gasteiger partial charge on any atom is 0.307 e. The summed E-state index contributed by atoms with van der Waals surface area (Å²) in [6.07, 6.45) is -0.556. The lowest BCUT2D eigenvalue weighted by molar-refractivity contribution is -0.136. The summed E-state index contributed by atoms with van der Waals surface area (Å²) >= 11 is 5.26. The Morgan fingerprint density at radius 1 is 1.38 bits per heavy atom. The van der Waals surface area contributed by atoms with Crippen LogP contribution in [0.1, 0.15) is 5.56 Å². The van der Waals surface area contributed by atoms with Gasteiger partial charge in [0.15, 0.2) is 11.6 Å². The zero-order valence-corrected chi connectivity index (χ0v) is 7.11. The molecule has 0 aliphatic rings. The van der Waals surface area contributed by atoms with Crippen LogP contribution in [0, 0.1) is 11.6 Å². The fourth-order valence-corrected chi connectivity index (χ4v) is 1.01. The van der Waals surface area contributed by atoms with Gasteiger partial charge in [0.05, 0.1) is 11.4 Å². The standard InChI is InChI=1S/C8H5ClF2O2/c9-5-2-1-4(3-6(12)13)7(10)8(5)11/h1-2H,3H2,(H,12,13). The minimum atomic E-state index is -1.22. The maximum atomic E-state index is 12.9. The van der Waals surface area contributed by atoms with E-state index >= 15 is 0 Å². The van der Waals surface area contributed by atoms with Gasteiger partial charge in [-0.2, -0.15) is 0 Å². The van der Waals surface area contributed by atoms with Gasteiger partial charge in [-0.05, 0) is 6.07 Å². The molecule has 0 atom stereocenters. The van der Waals surface area contributed by atoms with Crippen molar-refractivity contribution in [3.8, 4) is 0 Å². The Morgan fingerprint density at radius 2 is 2.00 bits per heavy atom. The van der Waals surface area contributed by atoms with Crippen LogP contribution >= 0.6 is 11.6 Å². The third-order valence-electron chi connectivity index (χ3n) is 1.46. The molecule has 0 spiro atoms. The molecule has 0 aromatic heterocycles. The predicted octanol–water partition coefficient (Wildman–Crippen LogP) is 2.25. The number of rotatable bonds is 2. The summed E-state index contributed by atoms with van der Waals surface area (Å²) in [6, 6.07) is 2.27. The summed E-state index contributed by atoms with van der Waals surface area (Å²) in [5, 5.41) is 7.97. The first-order valence-corrected chi connectivity index (χ1v) is 3.74. The molecule has 1 N–H and O–H groups in total. The third kappa shape index (κ3) is 2.15. The molecule has 1 rings (SSSR count). The van der Waals surface area contributed by atoms with E-state index < -0.39 is 24.0 Å². The van der Waals surface area contributed by atoms with E-state index in [1.165, 1.54) is 0 Å². The molecule has 70 valence electrons. The molecule has 2 nitrogen and oxygen atoms in total. The summed E-state index contributed by atoms with van der Waals surface area (Å²) < 4.78 is 25.6. The lowest BCUT2D eigenvalue weighted by atomic mass is 10.1. The summed E-state index contributed by atoms with van der Waals surface area (Å²) in [5.41, 5.74) is -0.214. The molecule has 0 radical (unpaired) electrons. The monoisotopic (exact) mass is 206 g/mol. The number of carbonyl (C=O) groups is 1. The second-order valence-corrected chi connectivity index (χ2v) is 2.81. The van der Waals surface area contributed by atoms with E-state index in [2.05, 4.69) is 0 Å². The second kappa shape index (κ2) is 3.70. The van der Waals surface area contributed by atoms with Gasteiger partial charge in [0.25, 0.3) is 0 Å². The Hall–Kier alpha value is -1.16. The highest BCUT2D eigenvalue weighted by atomic mass is 35.5. The minimum Gasteiger partial charge on any atom is -0.481 e. The molecule has 0 amide bonds. The Bertz CT molecular complexity index is 352. The number of carboxylic acid groups (broad SMARTS) is 1. The van der Waals surface area contributed by atoms with Crippen LogP contribution in [0.15, 0.2) is 12.1 Å². The molecule has 0 aliphatic carbocycles. The molecule has 1 aromatic carbocycles. The summed E-state index contributed by atoms with van der Waals surface area (Å²) in [7, 11) is 0. The first-order valence-electron chi connectivity index (χ1n) is 3.36. The number of benzene rings is 1. The highest BCUT2D eigenvalue weighted by molar-refractivity contribution is 6.30. The summed E-state index contributed by atoms with van der Waals surface area (Å²) in [6.45, 7) is 0. The Kier molecular flexibility index (Phi) is 2.83. The second-order valence-electron chi connectivity index (χ2n) is 2.40. The van der Waals surface area contributed by atoms with Crippen LogP contribution in [-0.2, 0) is 11.2 Å². The van der Waals surface area contributed by atoms with Crippen molar-refractivity contribution in [1.29, 1.82) is 0 Å². The normalized spacial score (nSPS) is 10.1. The zero-order chi connectivity index (χ0) is 10.0. The molecule has 0 aliphatic heterocycles. The number of hydrogen-bond donors (Lipinski definition) is 1. The van der Waals surface area contributed by atoms with Gasteiger partial charge < -0.3 is 5.11 Å². The topological polar surface area (TPSA) is 37.3 Å². The van der Waals surface area contributed by atoms with Gasteiger partial charge in [0.1, 0.15) is 0 Å². The minimum absolute atomic E-state index is 0.214. The van der Waals surface area contributed by atoms with Gasteiger partial charge in [-0.1, -0.05) is 17.7 Å². The van der Waals surface area contributed by atoms with Gasteiger partial charge in [-0.3, -0.25) is 4.79 Å². The van der Waals surface area contributed by atoms with Crippen molar-refractivity contribution < 1.29 is 18.7 Å². The molecule has 0 bridgehead atoms.